The molecule has 0 bridgehead atoms. The molecule has 0 fully saturated rings. The minimum atomic E-state index is -0.159. The van der Waals surface area contributed by atoms with Crippen molar-refractivity contribution in [2.75, 3.05) is 0 Å². The Balaban J connectivity index is 1.49. The first-order valence-corrected chi connectivity index (χ1v) is 10.9. The summed E-state index contributed by atoms with van der Waals surface area (Å²) in [6, 6.07) is 19.1. The van der Waals surface area contributed by atoms with Crippen LogP contribution < -0.4 is 5.32 Å². The molecule has 31 heavy (non-hydrogen) atoms. The molecular formula is C23H23N5O2S. The number of carbonyl (C=O) groups excluding carboxylic acids is 1. The van der Waals surface area contributed by atoms with Gasteiger partial charge in [0.25, 0.3) is 5.91 Å². The van der Waals surface area contributed by atoms with Crippen molar-refractivity contribution in [2.45, 2.75) is 37.5 Å². The summed E-state index contributed by atoms with van der Waals surface area (Å²) in [6.07, 6.45) is 0. The van der Waals surface area contributed by atoms with Crippen molar-refractivity contribution in [3.8, 4) is 5.69 Å². The molecule has 0 aliphatic heterocycles. The van der Waals surface area contributed by atoms with Gasteiger partial charge in [-0.3, -0.25) is 4.79 Å². The van der Waals surface area contributed by atoms with E-state index in [4.69, 9.17) is 4.42 Å². The first-order valence-electron chi connectivity index (χ1n) is 9.95. The molecule has 0 saturated heterocycles. The molecule has 158 valence electrons. The number of tetrazole rings is 1. The zero-order chi connectivity index (χ0) is 21.8. The van der Waals surface area contributed by atoms with E-state index < -0.39 is 0 Å². The number of nitrogens with one attached hydrogen (secondary N) is 1. The van der Waals surface area contributed by atoms with Crippen molar-refractivity contribution in [3.63, 3.8) is 0 Å². The fourth-order valence-corrected chi connectivity index (χ4v) is 4.38. The van der Waals surface area contributed by atoms with E-state index in [0.717, 1.165) is 27.7 Å². The molecule has 0 saturated carbocycles. The van der Waals surface area contributed by atoms with Gasteiger partial charge in [0.05, 0.1) is 23.0 Å². The van der Waals surface area contributed by atoms with E-state index >= 15 is 0 Å². The standard InChI is InChI=1S/C23H23N5O2S/c1-15-13-20(17(3)30-15)16(2)24-23(29)19-11-7-8-12-21(19)31-14-22-25-26-27-28(22)18-9-5-4-6-10-18/h4-13,16H,14H2,1-3H3,(H,24,29). The molecule has 0 aliphatic rings. The van der Waals surface area contributed by atoms with Crippen molar-refractivity contribution < 1.29 is 9.21 Å². The Morgan fingerprint density at radius 1 is 1.13 bits per heavy atom. The fourth-order valence-electron chi connectivity index (χ4n) is 3.42. The van der Waals surface area contributed by atoms with E-state index in [1.54, 1.807) is 4.68 Å². The Morgan fingerprint density at radius 2 is 1.87 bits per heavy atom. The second-order valence-electron chi connectivity index (χ2n) is 7.19. The number of furan rings is 1. The van der Waals surface area contributed by atoms with Gasteiger partial charge in [-0.15, -0.1) is 16.9 Å². The van der Waals surface area contributed by atoms with Gasteiger partial charge in [-0.2, -0.15) is 4.68 Å². The summed E-state index contributed by atoms with van der Waals surface area (Å²) in [5.41, 5.74) is 2.50. The Labute approximate surface area is 184 Å². The van der Waals surface area contributed by atoms with Crippen LogP contribution in [-0.2, 0) is 5.75 Å². The van der Waals surface area contributed by atoms with Gasteiger partial charge in [0, 0.05) is 10.5 Å². The van der Waals surface area contributed by atoms with Crippen LogP contribution in [0, 0.1) is 13.8 Å². The molecule has 0 aliphatic carbocycles. The first kappa shape index (κ1) is 20.9. The van der Waals surface area contributed by atoms with Crippen LogP contribution >= 0.6 is 11.8 Å². The minimum Gasteiger partial charge on any atom is -0.466 e. The predicted octanol–water partition coefficient (Wildman–Crippen LogP) is 4.66. The topological polar surface area (TPSA) is 85.8 Å². The maximum Gasteiger partial charge on any atom is 0.252 e. The van der Waals surface area contributed by atoms with Crippen molar-refractivity contribution in [1.82, 2.24) is 25.5 Å². The number of rotatable bonds is 7. The van der Waals surface area contributed by atoms with Crippen LogP contribution in [0.25, 0.3) is 5.69 Å². The maximum atomic E-state index is 13.0. The van der Waals surface area contributed by atoms with Gasteiger partial charge < -0.3 is 9.73 Å². The third-order valence-electron chi connectivity index (χ3n) is 4.92. The predicted molar refractivity (Wildman–Crippen MR) is 119 cm³/mol. The molecule has 0 spiro atoms. The van der Waals surface area contributed by atoms with Crippen molar-refractivity contribution in [2.24, 2.45) is 0 Å². The number of nitrogens with zero attached hydrogens (tertiary/aromatic N) is 4. The van der Waals surface area contributed by atoms with Gasteiger partial charge in [-0.05, 0) is 61.5 Å². The highest BCUT2D eigenvalue weighted by molar-refractivity contribution is 7.98. The van der Waals surface area contributed by atoms with Gasteiger partial charge in [-0.1, -0.05) is 30.3 Å². The molecule has 2 aromatic carbocycles. The summed E-state index contributed by atoms with van der Waals surface area (Å²) in [7, 11) is 0. The minimum absolute atomic E-state index is 0.128. The molecule has 0 radical (unpaired) electrons. The number of aromatic nitrogens is 4. The van der Waals surface area contributed by atoms with E-state index in [1.807, 2.05) is 81.4 Å². The molecule has 8 heteroatoms. The van der Waals surface area contributed by atoms with Crippen LogP contribution in [-0.4, -0.2) is 26.1 Å². The lowest BCUT2D eigenvalue weighted by Crippen LogP contribution is -2.27. The quantitative estimate of drug-likeness (QED) is 0.427. The summed E-state index contributed by atoms with van der Waals surface area (Å²) in [6.45, 7) is 5.77. The van der Waals surface area contributed by atoms with Gasteiger partial charge in [-0.25, -0.2) is 0 Å². The van der Waals surface area contributed by atoms with E-state index in [-0.39, 0.29) is 11.9 Å². The molecule has 1 unspecified atom stereocenters. The number of hydrogen-bond acceptors (Lipinski definition) is 6. The van der Waals surface area contributed by atoms with Crippen LogP contribution in [0.4, 0.5) is 0 Å². The third kappa shape index (κ3) is 4.69. The lowest BCUT2D eigenvalue weighted by molar-refractivity contribution is 0.0936. The lowest BCUT2D eigenvalue weighted by Gasteiger charge is -2.15. The maximum absolute atomic E-state index is 13.0. The number of hydrogen-bond donors (Lipinski definition) is 1. The molecule has 2 aromatic heterocycles. The highest BCUT2D eigenvalue weighted by Gasteiger charge is 2.19. The normalized spacial score (nSPS) is 12.0. The molecule has 4 rings (SSSR count). The van der Waals surface area contributed by atoms with E-state index in [2.05, 4.69) is 20.8 Å². The monoisotopic (exact) mass is 433 g/mol. The zero-order valence-electron chi connectivity index (χ0n) is 17.6. The van der Waals surface area contributed by atoms with E-state index in [9.17, 15) is 4.79 Å². The average Bonchev–Trinajstić information content (AvgIpc) is 3.38. The van der Waals surface area contributed by atoms with Crippen LogP contribution in [0.1, 0.15) is 46.2 Å². The Morgan fingerprint density at radius 3 is 2.61 bits per heavy atom. The van der Waals surface area contributed by atoms with Crippen LogP contribution in [0.15, 0.2) is 70.0 Å². The van der Waals surface area contributed by atoms with Crippen LogP contribution in [0.3, 0.4) is 0 Å². The summed E-state index contributed by atoms with van der Waals surface area (Å²) >= 11 is 1.53. The SMILES string of the molecule is Cc1cc(C(C)NC(=O)c2ccccc2SCc2nnnn2-c2ccccc2)c(C)o1. The highest BCUT2D eigenvalue weighted by atomic mass is 32.2. The molecule has 2 heterocycles. The Kier molecular flexibility index (Phi) is 6.18. The number of aryl methyl sites for hydroxylation is 2. The second kappa shape index (κ2) is 9.18. The Bertz CT molecular complexity index is 1190. The molecule has 4 aromatic rings. The van der Waals surface area contributed by atoms with Crippen molar-refractivity contribution >= 4 is 17.7 Å². The summed E-state index contributed by atoms with van der Waals surface area (Å²) in [5, 5.41) is 15.1. The van der Waals surface area contributed by atoms with E-state index in [1.165, 1.54) is 11.8 Å². The fraction of sp³-hybridized carbons (Fsp3) is 0.217. The summed E-state index contributed by atoms with van der Waals surface area (Å²) in [5.74, 6) is 2.77. The van der Waals surface area contributed by atoms with Crippen LogP contribution in [0.5, 0.6) is 0 Å². The molecule has 1 atom stereocenters. The third-order valence-corrected chi connectivity index (χ3v) is 5.99. The van der Waals surface area contributed by atoms with Gasteiger partial charge in [0.15, 0.2) is 5.82 Å². The van der Waals surface area contributed by atoms with Gasteiger partial charge >= 0.3 is 0 Å². The van der Waals surface area contributed by atoms with E-state index in [0.29, 0.717) is 17.1 Å². The van der Waals surface area contributed by atoms with Crippen LogP contribution in [0.2, 0.25) is 0 Å². The average molecular weight is 434 g/mol. The molecule has 1 amide bonds. The summed E-state index contributed by atoms with van der Waals surface area (Å²) in [4.78, 5) is 13.9. The number of carbonyl (C=O) groups is 1. The zero-order valence-corrected chi connectivity index (χ0v) is 18.4. The first-order chi connectivity index (χ1) is 15.0. The number of amides is 1. The molecule has 1 N–H and O–H groups in total. The highest BCUT2D eigenvalue weighted by Crippen LogP contribution is 2.27. The largest absolute Gasteiger partial charge is 0.466 e. The number of para-hydroxylation sites is 1. The van der Waals surface area contributed by atoms with Gasteiger partial charge in [0.2, 0.25) is 0 Å². The molecular weight excluding hydrogens is 410 g/mol. The smallest absolute Gasteiger partial charge is 0.252 e. The lowest BCUT2D eigenvalue weighted by atomic mass is 10.1. The van der Waals surface area contributed by atoms with Crippen molar-refractivity contribution in [1.29, 1.82) is 0 Å². The van der Waals surface area contributed by atoms with Gasteiger partial charge in [0.1, 0.15) is 11.5 Å². The second-order valence-corrected chi connectivity index (χ2v) is 8.21. The summed E-state index contributed by atoms with van der Waals surface area (Å²) < 4.78 is 7.31. The molecule has 7 nitrogen and oxygen atoms in total. The number of thioether (sulfide) groups is 1. The number of benzene rings is 2. The Hall–Kier alpha value is -3.39. The van der Waals surface area contributed by atoms with Crippen molar-refractivity contribution in [3.05, 3.63) is 89.1 Å².